The first-order valence-corrected chi connectivity index (χ1v) is 13.2. The Balaban J connectivity index is 1.43. The Bertz CT molecular complexity index is 1480. The number of methoxy groups -OCH3 is 2. The third kappa shape index (κ3) is 5.27. The summed E-state index contributed by atoms with van der Waals surface area (Å²) in [6.07, 6.45) is 0.331. The van der Waals surface area contributed by atoms with Gasteiger partial charge < -0.3 is 29.7 Å². The van der Waals surface area contributed by atoms with E-state index in [0.717, 1.165) is 22.8 Å². The van der Waals surface area contributed by atoms with Gasteiger partial charge in [0, 0.05) is 17.5 Å². The SMILES string of the molecule is COC(=O)Nc1cc(C(C)(C)C)cc(NC(=O)Nc2ccc(C(=O)N3CC4CC3CO4)c3ccccc23)c1OC. The molecule has 3 aromatic carbocycles. The lowest BCUT2D eigenvalue weighted by atomic mass is 9.86. The van der Waals surface area contributed by atoms with Gasteiger partial charge in [-0.05, 0) is 47.1 Å². The topological polar surface area (TPSA) is 118 Å². The highest BCUT2D eigenvalue weighted by Crippen LogP contribution is 2.39. The van der Waals surface area contributed by atoms with E-state index in [9.17, 15) is 14.4 Å². The number of morpholine rings is 1. The minimum absolute atomic E-state index is 0.0302. The summed E-state index contributed by atoms with van der Waals surface area (Å²) in [6.45, 7) is 7.25. The number of ether oxygens (including phenoxy) is 3. The van der Waals surface area contributed by atoms with Gasteiger partial charge in [-0.3, -0.25) is 10.1 Å². The van der Waals surface area contributed by atoms with E-state index < -0.39 is 12.1 Å². The Morgan fingerprint density at radius 2 is 1.60 bits per heavy atom. The van der Waals surface area contributed by atoms with E-state index in [4.69, 9.17) is 14.2 Å². The van der Waals surface area contributed by atoms with Crippen LogP contribution in [0.1, 0.15) is 43.1 Å². The number of fused-ring (bicyclic) bond motifs is 3. The van der Waals surface area contributed by atoms with Crippen molar-refractivity contribution in [1.82, 2.24) is 4.90 Å². The second-order valence-electron chi connectivity index (χ2n) is 11.1. The molecule has 10 heteroatoms. The number of nitrogens with zero attached hydrogens (tertiary/aromatic N) is 1. The van der Waals surface area contributed by atoms with Gasteiger partial charge >= 0.3 is 12.1 Å². The first kappa shape index (κ1) is 27.3. The molecule has 0 spiro atoms. The van der Waals surface area contributed by atoms with Gasteiger partial charge in [0.25, 0.3) is 5.91 Å². The van der Waals surface area contributed by atoms with Gasteiger partial charge in [-0.2, -0.15) is 0 Å². The van der Waals surface area contributed by atoms with Crippen molar-refractivity contribution in [3.05, 3.63) is 59.7 Å². The first-order valence-electron chi connectivity index (χ1n) is 13.2. The standard InChI is InChI=1S/C30H34N4O6/c1-30(2,3)17-12-24(26(38-4)25(13-17)33-29(37)39-5)32-28(36)31-23-11-10-22(20-8-6-7-9-21(20)23)27(35)34-15-19-14-18(34)16-40-19/h6-13,18-19H,14-16H2,1-5H3,(H,33,37)(H2,31,32,36). The van der Waals surface area contributed by atoms with Gasteiger partial charge in [0.05, 0.1) is 50.0 Å². The second kappa shape index (κ2) is 10.7. The van der Waals surface area contributed by atoms with Crippen LogP contribution >= 0.6 is 0 Å². The van der Waals surface area contributed by atoms with Crippen LogP contribution in [-0.2, 0) is 14.9 Å². The van der Waals surface area contributed by atoms with E-state index in [1.807, 2.05) is 56.0 Å². The van der Waals surface area contributed by atoms with Gasteiger partial charge in [-0.1, -0.05) is 45.0 Å². The summed E-state index contributed by atoms with van der Waals surface area (Å²) in [5.41, 5.74) is 2.46. The van der Waals surface area contributed by atoms with Crippen LogP contribution in [0.15, 0.2) is 48.5 Å². The average Bonchev–Trinajstić information content (AvgIpc) is 3.56. The summed E-state index contributed by atoms with van der Waals surface area (Å²) in [4.78, 5) is 40.6. The van der Waals surface area contributed by atoms with Crippen molar-refractivity contribution >= 4 is 45.9 Å². The zero-order valence-corrected chi connectivity index (χ0v) is 23.3. The summed E-state index contributed by atoms with van der Waals surface area (Å²) in [6, 6.07) is 14.2. The molecule has 4 amide bonds. The molecule has 2 aliphatic rings. The Morgan fingerprint density at radius 1 is 0.925 bits per heavy atom. The number of urea groups is 1. The van der Waals surface area contributed by atoms with Crippen LogP contribution in [0.2, 0.25) is 0 Å². The minimum atomic E-state index is -0.657. The molecule has 2 bridgehead atoms. The maximum absolute atomic E-state index is 13.5. The maximum Gasteiger partial charge on any atom is 0.411 e. The highest BCUT2D eigenvalue weighted by molar-refractivity contribution is 6.13. The number of benzene rings is 3. The fraction of sp³-hybridized carbons (Fsp3) is 0.367. The Kier molecular flexibility index (Phi) is 7.29. The van der Waals surface area contributed by atoms with Crippen molar-refractivity contribution in [2.24, 2.45) is 0 Å². The molecule has 3 aromatic rings. The van der Waals surface area contributed by atoms with E-state index in [0.29, 0.717) is 35.8 Å². The molecule has 2 atom stereocenters. The molecular weight excluding hydrogens is 512 g/mol. The Hall–Kier alpha value is -4.31. The van der Waals surface area contributed by atoms with Gasteiger partial charge in [-0.15, -0.1) is 0 Å². The Labute approximate surface area is 233 Å². The van der Waals surface area contributed by atoms with E-state index in [1.165, 1.54) is 14.2 Å². The molecule has 10 nitrogen and oxygen atoms in total. The second-order valence-corrected chi connectivity index (χ2v) is 11.1. The molecule has 2 unspecified atom stereocenters. The molecule has 2 fully saturated rings. The fourth-order valence-electron chi connectivity index (χ4n) is 5.30. The number of hydrogen-bond donors (Lipinski definition) is 3. The van der Waals surface area contributed by atoms with Crippen LogP contribution in [0.4, 0.5) is 26.7 Å². The summed E-state index contributed by atoms with van der Waals surface area (Å²) in [5.74, 6) is 0.251. The number of rotatable bonds is 5. The minimum Gasteiger partial charge on any atom is -0.492 e. The number of carbonyl (C=O) groups excluding carboxylic acids is 3. The van der Waals surface area contributed by atoms with Crippen LogP contribution in [0.5, 0.6) is 5.75 Å². The van der Waals surface area contributed by atoms with Crippen LogP contribution in [0, 0.1) is 0 Å². The quantitative estimate of drug-likeness (QED) is 0.384. The lowest BCUT2D eigenvalue weighted by Crippen LogP contribution is -2.41. The molecule has 40 heavy (non-hydrogen) atoms. The van der Waals surface area contributed by atoms with Crippen molar-refractivity contribution in [3.63, 3.8) is 0 Å². The van der Waals surface area contributed by atoms with Crippen LogP contribution < -0.4 is 20.7 Å². The number of hydrogen-bond acceptors (Lipinski definition) is 6. The molecule has 2 aliphatic heterocycles. The summed E-state index contributed by atoms with van der Waals surface area (Å²) >= 11 is 0. The molecule has 0 saturated carbocycles. The molecule has 0 aromatic heterocycles. The third-order valence-electron chi connectivity index (χ3n) is 7.39. The van der Waals surface area contributed by atoms with Crippen molar-refractivity contribution in [2.75, 3.05) is 43.3 Å². The number of nitrogens with one attached hydrogen (secondary N) is 3. The molecule has 0 aliphatic carbocycles. The monoisotopic (exact) mass is 546 g/mol. The van der Waals surface area contributed by atoms with Crippen LogP contribution in [-0.4, -0.2) is 62.4 Å². The third-order valence-corrected chi connectivity index (χ3v) is 7.39. The summed E-state index contributed by atoms with van der Waals surface area (Å²) in [5, 5.41) is 9.94. The molecular formula is C30H34N4O6. The number of carbonyl (C=O) groups is 3. The van der Waals surface area contributed by atoms with Gasteiger partial charge in [0.1, 0.15) is 0 Å². The highest BCUT2D eigenvalue weighted by atomic mass is 16.5. The van der Waals surface area contributed by atoms with E-state index >= 15 is 0 Å². The molecule has 2 heterocycles. The molecule has 2 saturated heterocycles. The summed E-state index contributed by atoms with van der Waals surface area (Å²) < 4.78 is 16.0. The van der Waals surface area contributed by atoms with Crippen molar-refractivity contribution in [2.45, 2.75) is 44.8 Å². The molecule has 210 valence electrons. The smallest absolute Gasteiger partial charge is 0.411 e. The van der Waals surface area contributed by atoms with Gasteiger partial charge in [0.2, 0.25) is 0 Å². The lowest BCUT2D eigenvalue weighted by molar-refractivity contribution is 0.0260. The predicted molar refractivity (Wildman–Crippen MR) is 153 cm³/mol. The summed E-state index contributed by atoms with van der Waals surface area (Å²) in [7, 11) is 2.73. The molecule has 3 N–H and O–H groups in total. The Morgan fingerprint density at radius 3 is 2.20 bits per heavy atom. The van der Waals surface area contributed by atoms with E-state index in [2.05, 4.69) is 16.0 Å². The van der Waals surface area contributed by atoms with Crippen molar-refractivity contribution in [3.8, 4) is 5.75 Å². The number of anilines is 3. The zero-order valence-electron chi connectivity index (χ0n) is 23.3. The van der Waals surface area contributed by atoms with Crippen LogP contribution in [0.25, 0.3) is 10.8 Å². The van der Waals surface area contributed by atoms with Gasteiger partial charge in [0.15, 0.2) is 5.75 Å². The van der Waals surface area contributed by atoms with E-state index in [1.54, 1.807) is 18.2 Å². The van der Waals surface area contributed by atoms with Crippen molar-refractivity contribution < 1.29 is 28.6 Å². The highest BCUT2D eigenvalue weighted by Gasteiger charge is 2.42. The first-order chi connectivity index (χ1) is 19.1. The molecule has 0 radical (unpaired) electrons. The van der Waals surface area contributed by atoms with Crippen LogP contribution in [0.3, 0.4) is 0 Å². The normalized spacial score (nSPS) is 18.0. The fourth-order valence-corrected chi connectivity index (χ4v) is 5.30. The van der Waals surface area contributed by atoms with Crippen molar-refractivity contribution in [1.29, 1.82) is 0 Å². The average molecular weight is 547 g/mol. The number of likely N-dealkylation sites (tertiary alicyclic amines) is 1. The number of amides is 4. The largest absolute Gasteiger partial charge is 0.492 e. The zero-order chi connectivity index (χ0) is 28.6. The van der Waals surface area contributed by atoms with Gasteiger partial charge in [-0.25, -0.2) is 9.59 Å². The van der Waals surface area contributed by atoms with E-state index in [-0.39, 0.29) is 29.2 Å². The molecule has 5 rings (SSSR count). The maximum atomic E-state index is 13.5. The predicted octanol–water partition coefficient (Wildman–Crippen LogP) is 5.58. The lowest BCUT2D eigenvalue weighted by Gasteiger charge is -2.27.